The Kier molecular flexibility index (Phi) is 4.05. The highest BCUT2D eigenvalue weighted by atomic mass is 79.9. The van der Waals surface area contributed by atoms with Crippen molar-refractivity contribution in [3.8, 4) is 0 Å². The maximum Gasteiger partial charge on any atom is 0.326 e. The number of aliphatic hydroxyl groups is 1. The monoisotopic (exact) mass is 349 g/mol. The van der Waals surface area contributed by atoms with E-state index in [2.05, 4.69) is 15.9 Å². The maximum atomic E-state index is 13.7. The van der Waals surface area contributed by atoms with Gasteiger partial charge in [-0.1, -0.05) is 15.9 Å². The largest absolute Gasteiger partial charge is 0.480 e. The molecule has 0 aromatic heterocycles. The fourth-order valence-electron chi connectivity index (χ4n) is 2.16. The van der Waals surface area contributed by atoms with Crippen LogP contribution in [0.5, 0.6) is 0 Å². The van der Waals surface area contributed by atoms with Gasteiger partial charge in [-0.05, 0) is 12.1 Å². The molecule has 1 fully saturated rings. The Bertz CT molecular complexity index is 558. The Morgan fingerprint density at radius 3 is 2.35 bits per heavy atom. The zero-order valence-corrected chi connectivity index (χ0v) is 11.6. The molecule has 8 heteroatoms. The number of carboxylic acid groups (broad SMARTS) is 1. The van der Waals surface area contributed by atoms with Crippen molar-refractivity contribution < 1.29 is 28.6 Å². The van der Waals surface area contributed by atoms with E-state index in [1.54, 1.807) is 0 Å². The zero-order valence-electron chi connectivity index (χ0n) is 10.0. The van der Waals surface area contributed by atoms with Gasteiger partial charge in [-0.15, -0.1) is 0 Å². The smallest absolute Gasteiger partial charge is 0.326 e. The number of carboxylic acids is 1. The predicted molar refractivity (Wildman–Crippen MR) is 67.1 cm³/mol. The van der Waals surface area contributed by atoms with Crippen molar-refractivity contribution in [2.24, 2.45) is 0 Å². The third-order valence-corrected chi connectivity index (χ3v) is 3.50. The van der Waals surface area contributed by atoms with Crippen molar-refractivity contribution in [2.75, 3.05) is 6.54 Å². The molecule has 108 valence electrons. The quantitative estimate of drug-likeness (QED) is 0.845. The first-order chi connectivity index (χ1) is 9.31. The summed E-state index contributed by atoms with van der Waals surface area (Å²) in [7, 11) is 0. The topological polar surface area (TPSA) is 77.8 Å². The van der Waals surface area contributed by atoms with E-state index in [-0.39, 0.29) is 17.4 Å². The average Bonchev–Trinajstić information content (AvgIpc) is 2.70. The molecule has 1 saturated heterocycles. The van der Waals surface area contributed by atoms with E-state index in [1.165, 1.54) is 0 Å². The molecule has 2 atom stereocenters. The van der Waals surface area contributed by atoms with Gasteiger partial charge < -0.3 is 15.1 Å². The van der Waals surface area contributed by atoms with Gasteiger partial charge in [0.2, 0.25) is 0 Å². The molecule has 5 nitrogen and oxygen atoms in total. The van der Waals surface area contributed by atoms with Crippen LogP contribution in [0.2, 0.25) is 0 Å². The van der Waals surface area contributed by atoms with Gasteiger partial charge in [-0.3, -0.25) is 4.79 Å². The molecule has 1 amide bonds. The number of aliphatic carboxylic acids is 1. The molecular weight excluding hydrogens is 340 g/mol. The van der Waals surface area contributed by atoms with Crippen molar-refractivity contribution >= 4 is 27.8 Å². The molecule has 0 radical (unpaired) electrons. The summed E-state index contributed by atoms with van der Waals surface area (Å²) in [6.07, 6.45) is -1.19. The van der Waals surface area contributed by atoms with Crippen LogP contribution in [-0.2, 0) is 4.79 Å². The van der Waals surface area contributed by atoms with E-state index in [4.69, 9.17) is 5.11 Å². The standard InChI is InChI=1S/C12H10BrF2NO4/c13-5-1-7(14)10(8(15)2-5)11(18)16-4-6(17)3-9(16)12(19)20/h1-2,6,9,17H,3-4H2,(H,19,20)/t6?,9-/m0/s1. The number of halogens is 3. The Labute approximate surface area is 120 Å². The molecule has 20 heavy (non-hydrogen) atoms. The number of β-amino-alcohol motifs (C(OH)–C–C–N with tert-alkyl or cyclic N) is 1. The normalized spacial score (nSPS) is 22.1. The van der Waals surface area contributed by atoms with Gasteiger partial charge in [-0.25, -0.2) is 13.6 Å². The fraction of sp³-hybridized carbons (Fsp3) is 0.333. The van der Waals surface area contributed by atoms with Crippen LogP contribution in [0.25, 0.3) is 0 Å². The van der Waals surface area contributed by atoms with E-state index in [0.717, 1.165) is 17.0 Å². The first-order valence-corrected chi connectivity index (χ1v) is 6.47. The van der Waals surface area contributed by atoms with Crippen LogP contribution in [0.15, 0.2) is 16.6 Å². The summed E-state index contributed by atoms with van der Waals surface area (Å²) < 4.78 is 27.6. The highest BCUT2D eigenvalue weighted by Crippen LogP contribution is 2.25. The van der Waals surface area contributed by atoms with E-state index in [9.17, 15) is 23.5 Å². The Morgan fingerprint density at radius 2 is 1.85 bits per heavy atom. The van der Waals surface area contributed by atoms with Crippen LogP contribution in [0, 0.1) is 11.6 Å². The molecule has 0 bridgehead atoms. The van der Waals surface area contributed by atoms with Crippen LogP contribution >= 0.6 is 15.9 Å². The number of rotatable bonds is 2. The minimum absolute atomic E-state index is 0.125. The highest BCUT2D eigenvalue weighted by molar-refractivity contribution is 9.10. The summed E-state index contributed by atoms with van der Waals surface area (Å²) in [6.45, 7) is -0.273. The minimum Gasteiger partial charge on any atom is -0.480 e. The summed E-state index contributed by atoms with van der Waals surface area (Å²) in [5, 5.41) is 18.4. The van der Waals surface area contributed by atoms with Gasteiger partial charge in [0.25, 0.3) is 5.91 Å². The Balaban J connectivity index is 2.39. The molecule has 1 heterocycles. The third-order valence-electron chi connectivity index (χ3n) is 3.05. The van der Waals surface area contributed by atoms with Crippen LogP contribution in [-0.4, -0.2) is 45.7 Å². The Morgan fingerprint density at radius 1 is 1.30 bits per heavy atom. The van der Waals surface area contributed by atoms with E-state index in [1.807, 2.05) is 0 Å². The second kappa shape index (κ2) is 5.45. The highest BCUT2D eigenvalue weighted by Gasteiger charge is 2.40. The number of nitrogens with zero attached hydrogens (tertiary/aromatic N) is 1. The van der Waals surface area contributed by atoms with E-state index >= 15 is 0 Å². The molecule has 0 aliphatic carbocycles. The summed E-state index contributed by atoms with van der Waals surface area (Å²) >= 11 is 2.89. The van der Waals surface area contributed by atoms with E-state index in [0.29, 0.717) is 0 Å². The summed E-state index contributed by atoms with van der Waals surface area (Å²) in [5.41, 5.74) is -0.825. The molecule has 1 aliphatic rings. The third kappa shape index (κ3) is 2.66. The van der Waals surface area contributed by atoms with Crippen molar-refractivity contribution in [2.45, 2.75) is 18.6 Å². The lowest BCUT2D eigenvalue weighted by Crippen LogP contribution is -2.41. The molecule has 1 unspecified atom stereocenters. The van der Waals surface area contributed by atoms with Crippen molar-refractivity contribution in [3.63, 3.8) is 0 Å². The minimum atomic E-state index is -1.33. The molecule has 2 N–H and O–H groups in total. The van der Waals surface area contributed by atoms with Gasteiger partial charge >= 0.3 is 5.97 Å². The van der Waals surface area contributed by atoms with Crippen LogP contribution in [0.3, 0.4) is 0 Å². The molecule has 1 aromatic rings. The number of amides is 1. The number of aliphatic hydroxyl groups excluding tert-OH is 1. The van der Waals surface area contributed by atoms with Crippen molar-refractivity contribution in [1.29, 1.82) is 0 Å². The van der Waals surface area contributed by atoms with Gasteiger partial charge in [-0.2, -0.15) is 0 Å². The molecular formula is C12H10BrF2NO4. The molecule has 0 saturated carbocycles. The first-order valence-electron chi connectivity index (χ1n) is 5.67. The molecule has 2 rings (SSSR count). The summed E-state index contributed by atoms with van der Waals surface area (Å²) in [5.74, 6) is -4.59. The lowest BCUT2D eigenvalue weighted by molar-refractivity contribution is -0.141. The van der Waals surface area contributed by atoms with Gasteiger partial charge in [0.05, 0.1) is 6.10 Å². The number of carbonyl (C=O) groups excluding carboxylic acids is 1. The van der Waals surface area contributed by atoms with Crippen molar-refractivity contribution in [3.05, 3.63) is 33.8 Å². The second-order valence-electron chi connectivity index (χ2n) is 4.45. The van der Waals surface area contributed by atoms with Crippen LogP contribution in [0.1, 0.15) is 16.8 Å². The first kappa shape index (κ1) is 14.9. The summed E-state index contributed by atoms with van der Waals surface area (Å²) in [4.78, 5) is 23.9. The lowest BCUT2D eigenvalue weighted by atomic mass is 10.1. The maximum absolute atomic E-state index is 13.7. The molecule has 0 spiro atoms. The van der Waals surface area contributed by atoms with Crippen molar-refractivity contribution in [1.82, 2.24) is 4.90 Å². The van der Waals surface area contributed by atoms with Crippen LogP contribution in [0.4, 0.5) is 8.78 Å². The SMILES string of the molecule is O=C(O)[C@@H]1CC(O)CN1C(=O)c1c(F)cc(Br)cc1F. The molecule has 1 aromatic carbocycles. The fourth-order valence-corrected chi connectivity index (χ4v) is 2.56. The number of hydrogen-bond acceptors (Lipinski definition) is 3. The second-order valence-corrected chi connectivity index (χ2v) is 5.36. The lowest BCUT2D eigenvalue weighted by Gasteiger charge is -2.21. The Hall–Kier alpha value is -1.54. The molecule has 1 aliphatic heterocycles. The average molecular weight is 350 g/mol. The van der Waals surface area contributed by atoms with E-state index < -0.39 is 41.2 Å². The number of carbonyl (C=O) groups is 2. The van der Waals surface area contributed by atoms with Crippen LogP contribution < -0.4 is 0 Å². The van der Waals surface area contributed by atoms with Gasteiger partial charge in [0.15, 0.2) is 0 Å². The number of likely N-dealkylation sites (tertiary alicyclic amines) is 1. The van der Waals surface area contributed by atoms with Gasteiger partial charge in [0.1, 0.15) is 23.2 Å². The zero-order chi connectivity index (χ0) is 15.0. The number of hydrogen-bond donors (Lipinski definition) is 2. The number of benzene rings is 1. The van der Waals surface area contributed by atoms with Gasteiger partial charge in [0, 0.05) is 17.4 Å². The summed E-state index contributed by atoms with van der Waals surface area (Å²) in [6, 6.07) is 0.539. The predicted octanol–water partition coefficient (Wildman–Crippen LogP) is 1.39.